The van der Waals surface area contributed by atoms with E-state index in [2.05, 4.69) is 54.0 Å². The summed E-state index contributed by atoms with van der Waals surface area (Å²) in [6.45, 7) is 2.64. The number of nitrogens with zero attached hydrogens (tertiary/aromatic N) is 1. The molecule has 2 aliphatic carbocycles. The van der Waals surface area contributed by atoms with Crippen LogP contribution in [0.3, 0.4) is 0 Å². The maximum Gasteiger partial charge on any atom is 0.319 e. The molecule has 0 radical (unpaired) electrons. The van der Waals surface area contributed by atoms with Crippen LogP contribution in [0, 0.1) is 5.41 Å². The number of likely N-dealkylation sites (tertiary alicyclic amines) is 1. The predicted octanol–water partition coefficient (Wildman–Crippen LogP) is 4.02. The lowest BCUT2D eigenvalue weighted by molar-refractivity contribution is -0.0141. The van der Waals surface area contributed by atoms with Crippen molar-refractivity contribution in [3.63, 3.8) is 0 Å². The molecule has 2 heterocycles. The Morgan fingerprint density at radius 2 is 2.03 bits per heavy atom. The fraction of sp³-hybridized carbons (Fsp3) is 0.520. The molecule has 0 bridgehead atoms. The van der Waals surface area contributed by atoms with E-state index >= 15 is 0 Å². The molecule has 0 aromatic heterocycles. The van der Waals surface area contributed by atoms with Gasteiger partial charge in [-0.2, -0.15) is 0 Å². The van der Waals surface area contributed by atoms with Crippen molar-refractivity contribution in [1.29, 1.82) is 0 Å². The van der Waals surface area contributed by atoms with Gasteiger partial charge in [-0.3, -0.25) is 4.90 Å². The molecule has 4 aliphatic rings. The van der Waals surface area contributed by atoms with Crippen molar-refractivity contribution in [2.24, 2.45) is 5.41 Å². The van der Waals surface area contributed by atoms with E-state index in [4.69, 9.17) is 0 Å². The molecule has 31 heavy (non-hydrogen) atoms. The van der Waals surface area contributed by atoms with Crippen molar-refractivity contribution in [2.45, 2.75) is 56.1 Å². The molecule has 2 amide bonds. The Hall–Kier alpha value is -1.51. The van der Waals surface area contributed by atoms with Crippen LogP contribution in [0.5, 0.6) is 0 Å². The van der Waals surface area contributed by atoms with Crippen LogP contribution in [0.2, 0.25) is 0 Å². The number of rotatable bonds is 7. The third kappa shape index (κ3) is 4.81. The average molecular weight is 533 g/mol. The van der Waals surface area contributed by atoms with Crippen LogP contribution in [-0.2, 0) is 0 Å². The van der Waals surface area contributed by atoms with Gasteiger partial charge in [-0.15, -0.1) is 0 Å². The number of urea groups is 1. The van der Waals surface area contributed by atoms with Gasteiger partial charge >= 0.3 is 6.03 Å². The predicted molar refractivity (Wildman–Crippen MR) is 133 cm³/mol. The van der Waals surface area contributed by atoms with Crippen LogP contribution in [0.1, 0.15) is 50.0 Å². The zero-order chi connectivity index (χ0) is 21.3. The quantitative estimate of drug-likeness (QED) is 0.367. The number of halogens is 1. The molecule has 5 rings (SSSR count). The van der Waals surface area contributed by atoms with Crippen LogP contribution in [0.25, 0.3) is 0 Å². The van der Waals surface area contributed by atoms with E-state index in [-0.39, 0.29) is 32.8 Å². The number of hydrogen-bond acceptors (Lipinski definition) is 3. The molecule has 2 aliphatic heterocycles. The maximum atomic E-state index is 12.1. The van der Waals surface area contributed by atoms with Crippen LogP contribution in [-0.4, -0.2) is 51.3 Å². The molecule has 1 aromatic carbocycles. The number of piperidine rings is 1. The lowest BCUT2D eigenvalue weighted by Crippen LogP contribution is -2.51. The van der Waals surface area contributed by atoms with Crippen molar-refractivity contribution in [1.82, 2.24) is 15.5 Å². The van der Waals surface area contributed by atoms with E-state index < -0.39 is 5.60 Å². The second-order valence-electron chi connectivity index (χ2n) is 9.54. The number of benzene rings is 1. The number of allylic oxidation sites excluding steroid dienone is 2. The molecule has 1 saturated heterocycles. The van der Waals surface area contributed by atoms with E-state index in [1.54, 1.807) is 0 Å². The summed E-state index contributed by atoms with van der Waals surface area (Å²) in [5.74, 6) is 0.661. The number of carbonyl (C=O) groups excluding carboxylic acids is 1. The molecule has 6 heteroatoms. The standard InChI is InChI=1S/C25H32IN3O2/c30-23(28-20-7-12-26-13-8-20)27-14-4-15-29-16-11-24(18-22(29)25(31)9-10-25)17-21(24)19-5-2-1-3-6-19/h1-3,5-8,12-13,21-22,31H,4,9-11,14-18H2,(H2,27,28,30)/t21-,22-,24?/m1/s1. The highest BCUT2D eigenvalue weighted by Gasteiger charge is 2.62. The molecule has 1 spiro atoms. The van der Waals surface area contributed by atoms with Crippen LogP contribution in [0.4, 0.5) is 4.79 Å². The maximum absolute atomic E-state index is 12.1. The zero-order valence-corrected chi connectivity index (χ0v) is 20.1. The summed E-state index contributed by atoms with van der Waals surface area (Å²) in [6.07, 6.45) is 10.3. The Morgan fingerprint density at radius 3 is 2.77 bits per heavy atom. The molecule has 5 nitrogen and oxygen atoms in total. The van der Waals surface area contributed by atoms with Crippen molar-refractivity contribution >= 4 is 30.8 Å². The van der Waals surface area contributed by atoms with Gasteiger partial charge in [0.25, 0.3) is 0 Å². The van der Waals surface area contributed by atoms with Gasteiger partial charge in [0, 0.05) is 24.8 Å². The number of carbonyl (C=O) groups is 1. The number of aliphatic hydroxyl groups is 1. The molecule has 3 fully saturated rings. The molecule has 166 valence electrons. The van der Waals surface area contributed by atoms with Gasteiger partial charge in [0.1, 0.15) is 0 Å². The van der Waals surface area contributed by atoms with Gasteiger partial charge in [-0.25, -0.2) is 4.79 Å². The summed E-state index contributed by atoms with van der Waals surface area (Å²) >= 11 is 0.0313. The third-order valence-corrected chi connectivity index (χ3v) is 9.06. The number of amides is 2. The van der Waals surface area contributed by atoms with E-state index in [0.717, 1.165) is 44.5 Å². The summed E-state index contributed by atoms with van der Waals surface area (Å²) < 4.78 is 4.28. The smallest absolute Gasteiger partial charge is 0.319 e. The second-order valence-corrected chi connectivity index (χ2v) is 11.7. The van der Waals surface area contributed by atoms with Crippen LogP contribution in [0.15, 0.2) is 52.3 Å². The summed E-state index contributed by atoms with van der Waals surface area (Å²) in [7, 11) is 0. The van der Waals surface area contributed by atoms with E-state index in [1.807, 2.05) is 12.2 Å². The van der Waals surface area contributed by atoms with E-state index in [1.165, 1.54) is 18.4 Å². The molecule has 1 unspecified atom stereocenters. The Bertz CT molecular complexity index is 909. The molecule has 3 atom stereocenters. The molecular weight excluding hydrogens is 501 g/mol. The van der Waals surface area contributed by atoms with Gasteiger partial charge in [-0.1, -0.05) is 51.1 Å². The van der Waals surface area contributed by atoms with Crippen molar-refractivity contribution in [2.75, 3.05) is 19.6 Å². The Kier molecular flexibility index (Phi) is 6.05. The first kappa shape index (κ1) is 21.3. The number of nitrogens with one attached hydrogen (secondary N) is 2. The fourth-order valence-corrected chi connectivity index (χ4v) is 6.88. The van der Waals surface area contributed by atoms with Crippen molar-refractivity contribution < 1.29 is 9.90 Å². The Balaban J connectivity index is 1.12. The first-order chi connectivity index (χ1) is 15.1. The molecule has 1 aromatic rings. The Labute approximate surface area is 194 Å². The van der Waals surface area contributed by atoms with Gasteiger partial charge in [0.15, 0.2) is 0 Å². The lowest BCUT2D eigenvalue weighted by Gasteiger charge is -2.43. The molecule has 2 saturated carbocycles. The van der Waals surface area contributed by atoms with Crippen molar-refractivity contribution in [3.05, 3.63) is 57.8 Å². The summed E-state index contributed by atoms with van der Waals surface area (Å²) in [4.78, 5) is 14.6. The Morgan fingerprint density at radius 1 is 1.19 bits per heavy atom. The first-order valence-electron chi connectivity index (χ1n) is 11.5. The SMILES string of the molecule is O=C(NCCCN1CCC2(C[C@@H]2c2ccccc2)C[C@@H]1C1(O)CC1)NC1=CC=IC=C1. The average Bonchev–Trinajstić information content (AvgIpc) is 3.71. The summed E-state index contributed by atoms with van der Waals surface area (Å²) in [5.41, 5.74) is 2.23. The lowest BCUT2D eigenvalue weighted by atomic mass is 9.81. The second kappa shape index (κ2) is 8.79. The van der Waals surface area contributed by atoms with Gasteiger partial charge in [-0.05, 0) is 82.2 Å². The highest BCUT2D eigenvalue weighted by Crippen LogP contribution is 2.67. The third-order valence-electron chi connectivity index (χ3n) is 7.51. The monoisotopic (exact) mass is 533 g/mol. The first-order valence-corrected chi connectivity index (χ1v) is 14.0. The van der Waals surface area contributed by atoms with Gasteiger partial charge in [0.2, 0.25) is 0 Å². The highest BCUT2D eigenvalue weighted by atomic mass is 127. The molecule has 3 N–H and O–H groups in total. The fourth-order valence-electron chi connectivity index (χ4n) is 5.45. The summed E-state index contributed by atoms with van der Waals surface area (Å²) in [5, 5.41) is 16.9. The van der Waals surface area contributed by atoms with Crippen molar-refractivity contribution in [3.8, 4) is 0 Å². The zero-order valence-electron chi connectivity index (χ0n) is 17.9. The minimum atomic E-state index is -0.485. The number of hydrogen-bond donors (Lipinski definition) is 3. The topological polar surface area (TPSA) is 64.6 Å². The van der Waals surface area contributed by atoms with Crippen LogP contribution < -0.4 is 10.6 Å². The normalized spacial score (nSPS) is 30.9. The van der Waals surface area contributed by atoms with E-state index in [9.17, 15) is 9.90 Å². The minimum Gasteiger partial charge on any atom is -0.388 e. The van der Waals surface area contributed by atoms with Crippen LogP contribution >= 0.6 is 20.7 Å². The largest absolute Gasteiger partial charge is 0.388 e. The van der Waals surface area contributed by atoms with Gasteiger partial charge in [0.05, 0.1) is 5.60 Å². The van der Waals surface area contributed by atoms with Gasteiger partial charge < -0.3 is 15.7 Å². The highest BCUT2D eigenvalue weighted by molar-refractivity contribution is 14.2. The minimum absolute atomic E-state index is 0.0313. The van der Waals surface area contributed by atoms with E-state index in [0.29, 0.717) is 17.9 Å². The summed E-state index contributed by atoms with van der Waals surface area (Å²) in [6, 6.07) is 11.0. The molecular formula is C25H32IN3O2.